The van der Waals surface area contributed by atoms with Crippen LogP contribution in [0.25, 0.3) is 0 Å². The first-order valence-corrected chi connectivity index (χ1v) is 7.56. The Balaban J connectivity index is 1.88. The van der Waals surface area contributed by atoms with E-state index in [4.69, 9.17) is 14.2 Å². The Morgan fingerprint density at radius 3 is 2.52 bits per heavy atom. The molecule has 0 N–H and O–H groups in total. The van der Waals surface area contributed by atoms with Crippen molar-refractivity contribution >= 4 is 17.5 Å². The molecule has 2 heterocycles. The van der Waals surface area contributed by atoms with Gasteiger partial charge in [0.1, 0.15) is 11.5 Å². The summed E-state index contributed by atoms with van der Waals surface area (Å²) in [6.45, 7) is 2.50. The van der Waals surface area contributed by atoms with E-state index in [2.05, 4.69) is 0 Å². The van der Waals surface area contributed by atoms with Crippen molar-refractivity contribution in [2.24, 2.45) is 0 Å². The van der Waals surface area contributed by atoms with E-state index in [9.17, 15) is 9.59 Å². The molecule has 2 fully saturated rings. The number of imide groups is 1. The Kier molecular flexibility index (Phi) is 4.49. The second kappa shape index (κ2) is 6.55. The Labute approximate surface area is 134 Å². The molecule has 2 amide bonds. The molecular weight excluding hydrogens is 300 g/mol. The van der Waals surface area contributed by atoms with Crippen LogP contribution in [0.3, 0.4) is 0 Å². The fourth-order valence-corrected chi connectivity index (χ4v) is 3.01. The minimum Gasteiger partial charge on any atom is -0.497 e. The molecule has 0 saturated carbocycles. The molecule has 0 spiro atoms. The second-order valence-electron chi connectivity index (χ2n) is 5.47. The third-order valence-electron chi connectivity index (χ3n) is 4.24. The Bertz CT molecular complexity index is 612. The van der Waals surface area contributed by atoms with Gasteiger partial charge < -0.3 is 14.2 Å². The molecule has 0 aliphatic carbocycles. The van der Waals surface area contributed by atoms with Gasteiger partial charge in [0.15, 0.2) is 0 Å². The topological polar surface area (TPSA) is 68.3 Å². The molecule has 1 aromatic rings. The maximum atomic E-state index is 12.8. The number of morpholine rings is 1. The van der Waals surface area contributed by atoms with E-state index in [0.717, 1.165) is 0 Å². The number of hydrogen-bond acceptors (Lipinski definition) is 6. The lowest BCUT2D eigenvalue weighted by Crippen LogP contribution is -2.47. The van der Waals surface area contributed by atoms with Gasteiger partial charge in [-0.15, -0.1) is 0 Å². The van der Waals surface area contributed by atoms with Crippen LogP contribution in [0, 0.1) is 0 Å². The van der Waals surface area contributed by atoms with Gasteiger partial charge in [-0.3, -0.25) is 14.5 Å². The molecule has 2 saturated heterocycles. The van der Waals surface area contributed by atoms with Gasteiger partial charge >= 0.3 is 0 Å². The zero-order valence-corrected chi connectivity index (χ0v) is 13.3. The molecular formula is C16H20N2O5. The largest absolute Gasteiger partial charge is 0.497 e. The van der Waals surface area contributed by atoms with E-state index in [-0.39, 0.29) is 18.2 Å². The summed E-state index contributed by atoms with van der Waals surface area (Å²) in [5.41, 5.74) is 0.457. The lowest BCUT2D eigenvalue weighted by atomic mass is 10.2. The molecule has 2 aliphatic rings. The molecule has 124 valence electrons. The maximum absolute atomic E-state index is 12.8. The van der Waals surface area contributed by atoms with Crippen LogP contribution in [0.15, 0.2) is 18.2 Å². The first kappa shape index (κ1) is 15.8. The van der Waals surface area contributed by atoms with E-state index in [1.54, 1.807) is 25.3 Å². The lowest BCUT2D eigenvalue weighted by molar-refractivity contribution is -0.123. The Hall–Kier alpha value is -2.12. The smallest absolute Gasteiger partial charge is 0.251 e. The van der Waals surface area contributed by atoms with Crippen molar-refractivity contribution in [3.8, 4) is 11.5 Å². The summed E-state index contributed by atoms with van der Waals surface area (Å²) in [4.78, 5) is 28.4. The first-order valence-electron chi connectivity index (χ1n) is 7.56. The minimum atomic E-state index is -0.418. The SMILES string of the molecule is COc1ccc(N2C(=O)C[C@@H](N3CCOCC3)C2=O)c(OC)c1. The van der Waals surface area contributed by atoms with Gasteiger partial charge in [0.25, 0.3) is 5.91 Å². The van der Waals surface area contributed by atoms with E-state index < -0.39 is 6.04 Å². The lowest BCUT2D eigenvalue weighted by Gasteiger charge is -2.30. The summed E-state index contributed by atoms with van der Waals surface area (Å²) in [5, 5.41) is 0. The van der Waals surface area contributed by atoms with Crippen molar-refractivity contribution in [3.63, 3.8) is 0 Å². The highest BCUT2D eigenvalue weighted by atomic mass is 16.5. The van der Waals surface area contributed by atoms with Gasteiger partial charge in [-0.1, -0.05) is 0 Å². The maximum Gasteiger partial charge on any atom is 0.251 e. The minimum absolute atomic E-state index is 0.189. The van der Waals surface area contributed by atoms with Crippen LogP contribution < -0.4 is 14.4 Å². The normalized spacial score (nSPS) is 22.5. The molecule has 2 aliphatic heterocycles. The predicted octanol–water partition coefficient (Wildman–Crippen LogP) is 0.668. The summed E-state index contributed by atoms with van der Waals surface area (Å²) in [7, 11) is 3.05. The summed E-state index contributed by atoms with van der Waals surface area (Å²) >= 11 is 0. The van der Waals surface area contributed by atoms with Gasteiger partial charge in [-0.2, -0.15) is 0 Å². The number of rotatable bonds is 4. The summed E-state index contributed by atoms with van der Waals surface area (Å²) < 4.78 is 15.8. The number of nitrogens with zero attached hydrogens (tertiary/aromatic N) is 2. The van der Waals surface area contributed by atoms with Gasteiger partial charge in [0.2, 0.25) is 5.91 Å². The molecule has 0 radical (unpaired) electrons. The van der Waals surface area contributed by atoms with Crippen LogP contribution in [0.2, 0.25) is 0 Å². The quantitative estimate of drug-likeness (QED) is 0.760. The van der Waals surface area contributed by atoms with E-state index >= 15 is 0 Å². The highest BCUT2D eigenvalue weighted by Crippen LogP contribution is 2.36. The molecule has 1 aromatic carbocycles. The van der Waals surface area contributed by atoms with Crippen molar-refractivity contribution in [2.45, 2.75) is 12.5 Å². The number of benzene rings is 1. The molecule has 7 nitrogen and oxygen atoms in total. The molecule has 23 heavy (non-hydrogen) atoms. The highest BCUT2D eigenvalue weighted by Gasteiger charge is 2.43. The number of methoxy groups -OCH3 is 2. The zero-order chi connectivity index (χ0) is 16.4. The molecule has 7 heteroatoms. The predicted molar refractivity (Wildman–Crippen MR) is 82.8 cm³/mol. The standard InChI is InChI=1S/C16H20N2O5/c1-21-11-3-4-12(14(9-11)22-2)18-15(19)10-13(16(18)20)17-5-7-23-8-6-17/h3-4,9,13H,5-8,10H2,1-2H3/t13-/m1/s1. The molecule has 3 rings (SSSR count). The first-order chi connectivity index (χ1) is 11.2. The van der Waals surface area contributed by atoms with Crippen LogP contribution >= 0.6 is 0 Å². The number of anilines is 1. The second-order valence-corrected chi connectivity index (χ2v) is 5.47. The van der Waals surface area contributed by atoms with Crippen molar-refractivity contribution in [1.29, 1.82) is 0 Å². The van der Waals surface area contributed by atoms with Crippen LogP contribution in [0.5, 0.6) is 11.5 Å². The Morgan fingerprint density at radius 2 is 1.87 bits per heavy atom. The van der Waals surface area contributed by atoms with E-state index in [0.29, 0.717) is 43.5 Å². The van der Waals surface area contributed by atoms with Gasteiger partial charge in [-0.05, 0) is 12.1 Å². The molecule has 0 unspecified atom stereocenters. The average Bonchev–Trinajstić information content (AvgIpc) is 2.89. The number of carbonyl (C=O) groups excluding carboxylic acids is 2. The van der Waals surface area contributed by atoms with Crippen LogP contribution in [-0.2, 0) is 14.3 Å². The number of hydrogen-bond donors (Lipinski definition) is 0. The molecule has 0 bridgehead atoms. The monoisotopic (exact) mass is 320 g/mol. The van der Waals surface area contributed by atoms with Gasteiger partial charge in [0, 0.05) is 19.2 Å². The summed E-state index contributed by atoms with van der Waals surface area (Å²) in [6.07, 6.45) is 0.189. The Morgan fingerprint density at radius 1 is 1.13 bits per heavy atom. The number of ether oxygens (including phenoxy) is 3. The number of amides is 2. The summed E-state index contributed by atoms with van der Waals surface area (Å²) in [5.74, 6) is 0.624. The van der Waals surface area contributed by atoms with Crippen LogP contribution in [0.4, 0.5) is 5.69 Å². The van der Waals surface area contributed by atoms with Crippen molar-refractivity contribution < 1.29 is 23.8 Å². The third kappa shape index (κ3) is 2.89. The van der Waals surface area contributed by atoms with Crippen molar-refractivity contribution in [3.05, 3.63) is 18.2 Å². The highest BCUT2D eigenvalue weighted by molar-refractivity contribution is 6.23. The zero-order valence-electron chi connectivity index (χ0n) is 13.3. The number of carbonyl (C=O) groups is 2. The van der Waals surface area contributed by atoms with Crippen LogP contribution in [-0.4, -0.2) is 63.3 Å². The third-order valence-corrected chi connectivity index (χ3v) is 4.24. The fraction of sp³-hybridized carbons (Fsp3) is 0.500. The van der Waals surface area contributed by atoms with E-state index in [1.165, 1.54) is 12.0 Å². The van der Waals surface area contributed by atoms with Crippen LogP contribution in [0.1, 0.15) is 6.42 Å². The van der Waals surface area contributed by atoms with E-state index in [1.807, 2.05) is 4.90 Å². The van der Waals surface area contributed by atoms with Crippen molar-refractivity contribution in [1.82, 2.24) is 4.90 Å². The molecule has 1 atom stereocenters. The van der Waals surface area contributed by atoms with Crippen molar-refractivity contribution in [2.75, 3.05) is 45.4 Å². The summed E-state index contributed by atoms with van der Waals surface area (Å²) in [6, 6.07) is 4.63. The van der Waals surface area contributed by atoms with Gasteiger partial charge in [0.05, 0.1) is 45.6 Å². The van der Waals surface area contributed by atoms with Gasteiger partial charge in [-0.25, -0.2) is 4.90 Å². The average molecular weight is 320 g/mol. The molecule has 0 aromatic heterocycles. The fourth-order valence-electron chi connectivity index (χ4n) is 3.01.